The molecule has 0 aliphatic carbocycles. The number of anilines is 1. The zero-order valence-corrected chi connectivity index (χ0v) is 16.8. The van der Waals surface area contributed by atoms with Gasteiger partial charge in [-0.1, -0.05) is 59.6 Å². The van der Waals surface area contributed by atoms with E-state index in [4.69, 9.17) is 23.2 Å². The average molecular weight is 411 g/mol. The minimum atomic E-state index is -0.192. The number of nitrogens with one attached hydrogen (secondary N) is 1. The van der Waals surface area contributed by atoms with Crippen molar-refractivity contribution in [3.63, 3.8) is 0 Å². The van der Waals surface area contributed by atoms with Crippen LogP contribution >= 0.6 is 23.2 Å². The zero-order valence-electron chi connectivity index (χ0n) is 15.3. The summed E-state index contributed by atoms with van der Waals surface area (Å²) in [5.74, 6) is -0.192. The van der Waals surface area contributed by atoms with Crippen molar-refractivity contribution in [2.75, 3.05) is 11.9 Å². The minimum absolute atomic E-state index is 0.192. The van der Waals surface area contributed by atoms with Crippen LogP contribution in [0.4, 0.5) is 5.69 Å². The molecule has 28 heavy (non-hydrogen) atoms. The predicted molar refractivity (Wildman–Crippen MR) is 115 cm³/mol. The molecular formula is C23H20Cl2N2O. The number of halogens is 2. The number of fused-ring (bicyclic) bond motifs is 1. The molecule has 142 valence electrons. The van der Waals surface area contributed by atoms with Gasteiger partial charge in [-0.3, -0.25) is 9.69 Å². The van der Waals surface area contributed by atoms with Crippen LogP contribution in [0.5, 0.6) is 0 Å². The molecule has 0 fully saturated rings. The van der Waals surface area contributed by atoms with E-state index in [9.17, 15) is 4.79 Å². The van der Waals surface area contributed by atoms with Crippen LogP contribution in [-0.4, -0.2) is 17.4 Å². The molecule has 0 radical (unpaired) electrons. The first-order chi connectivity index (χ1) is 13.6. The molecule has 1 aliphatic rings. The lowest BCUT2D eigenvalue weighted by molar-refractivity contribution is 0.102. The summed E-state index contributed by atoms with van der Waals surface area (Å²) in [5.41, 5.74) is 5.20. The van der Waals surface area contributed by atoms with Gasteiger partial charge in [-0.2, -0.15) is 0 Å². The number of amides is 1. The molecule has 1 N–H and O–H groups in total. The molecule has 5 heteroatoms. The van der Waals surface area contributed by atoms with Crippen LogP contribution in [0.1, 0.15) is 27.0 Å². The van der Waals surface area contributed by atoms with E-state index in [-0.39, 0.29) is 5.91 Å². The number of rotatable bonds is 4. The molecule has 0 bridgehead atoms. The van der Waals surface area contributed by atoms with E-state index in [1.54, 1.807) is 18.2 Å². The Kier molecular flexibility index (Phi) is 5.67. The number of carbonyl (C=O) groups is 1. The molecule has 0 unspecified atom stereocenters. The Balaban J connectivity index is 1.39. The van der Waals surface area contributed by atoms with Crippen molar-refractivity contribution in [3.05, 3.63) is 99.0 Å². The Bertz CT molecular complexity index is 1000. The summed E-state index contributed by atoms with van der Waals surface area (Å²) in [6.45, 7) is 2.89. The molecule has 0 saturated carbocycles. The standard InChI is InChI=1S/C23H20Cl2N2O/c24-20-9-10-22(21(25)13-20)26-23(28)18-7-5-16(6-8-18)14-27-12-11-17-3-1-2-4-19(17)15-27/h1-10,13H,11-12,14-15H2,(H,26,28). The summed E-state index contributed by atoms with van der Waals surface area (Å²) < 4.78 is 0. The Labute approximate surface area is 174 Å². The van der Waals surface area contributed by atoms with E-state index in [0.29, 0.717) is 21.3 Å². The van der Waals surface area contributed by atoms with Crippen LogP contribution in [-0.2, 0) is 19.5 Å². The third-order valence-electron chi connectivity index (χ3n) is 5.01. The molecule has 4 rings (SSSR count). The molecule has 1 amide bonds. The molecule has 0 saturated heterocycles. The zero-order chi connectivity index (χ0) is 19.5. The lowest BCUT2D eigenvalue weighted by Crippen LogP contribution is -2.29. The van der Waals surface area contributed by atoms with E-state index >= 15 is 0 Å². The predicted octanol–water partition coefficient (Wildman–Crippen LogP) is 5.80. The maximum Gasteiger partial charge on any atom is 0.255 e. The largest absolute Gasteiger partial charge is 0.321 e. The van der Waals surface area contributed by atoms with Gasteiger partial charge in [0.25, 0.3) is 5.91 Å². The van der Waals surface area contributed by atoms with Gasteiger partial charge in [0.15, 0.2) is 0 Å². The maximum absolute atomic E-state index is 12.5. The molecule has 3 aromatic carbocycles. The fourth-order valence-electron chi connectivity index (χ4n) is 3.49. The highest BCUT2D eigenvalue weighted by atomic mass is 35.5. The second-order valence-corrected chi connectivity index (χ2v) is 7.85. The van der Waals surface area contributed by atoms with Crippen molar-refractivity contribution in [1.82, 2.24) is 4.90 Å². The lowest BCUT2D eigenvalue weighted by atomic mass is 9.99. The first-order valence-corrected chi connectivity index (χ1v) is 9.98. The lowest BCUT2D eigenvalue weighted by Gasteiger charge is -2.28. The summed E-state index contributed by atoms with van der Waals surface area (Å²) in [7, 11) is 0. The van der Waals surface area contributed by atoms with Crippen LogP contribution in [0.3, 0.4) is 0 Å². The summed E-state index contributed by atoms with van der Waals surface area (Å²) >= 11 is 12.0. The van der Waals surface area contributed by atoms with Gasteiger partial charge in [-0.15, -0.1) is 0 Å². The highest BCUT2D eigenvalue weighted by Gasteiger charge is 2.16. The Morgan fingerprint density at radius 3 is 2.46 bits per heavy atom. The third-order valence-corrected chi connectivity index (χ3v) is 5.56. The van der Waals surface area contributed by atoms with Crippen LogP contribution in [0, 0.1) is 0 Å². The fraction of sp³-hybridized carbons (Fsp3) is 0.174. The fourth-order valence-corrected chi connectivity index (χ4v) is 3.95. The van der Waals surface area contributed by atoms with Crippen LogP contribution in [0.2, 0.25) is 10.0 Å². The summed E-state index contributed by atoms with van der Waals surface area (Å²) in [5, 5.41) is 3.78. The topological polar surface area (TPSA) is 32.3 Å². The van der Waals surface area contributed by atoms with Crippen molar-refractivity contribution in [2.45, 2.75) is 19.5 Å². The number of benzene rings is 3. The number of hydrogen-bond donors (Lipinski definition) is 1. The molecule has 3 nitrogen and oxygen atoms in total. The Morgan fingerprint density at radius 2 is 1.71 bits per heavy atom. The van der Waals surface area contributed by atoms with Crippen molar-refractivity contribution in [3.8, 4) is 0 Å². The van der Waals surface area contributed by atoms with Gasteiger partial charge < -0.3 is 5.32 Å². The van der Waals surface area contributed by atoms with Crippen LogP contribution < -0.4 is 5.32 Å². The van der Waals surface area contributed by atoms with Gasteiger partial charge in [-0.05, 0) is 53.4 Å². The SMILES string of the molecule is O=C(Nc1ccc(Cl)cc1Cl)c1ccc(CN2CCc3ccccc3C2)cc1. The van der Waals surface area contributed by atoms with Gasteiger partial charge >= 0.3 is 0 Å². The Hall–Kier alpha value is -2.33. The van der Waals surface area contributed by atoms with Crippen LogP contribution in [0.15, 0.2) is 66.7 Å². The van der Waals surface area contributed by atoms with Gasteiger partial charge in [0.1, 0.15) is 0 Å². The third kappa shape index (κ3) is 4.39. The minimum Gasteiger partial charge on any atom is -0.321 e. The van der Waals surface area contributed by atoms with E-state index in [2.05, 4.69) is 34.5 Å². The van der Waals surface area contributed by atoms with E-state index in [0.717, 1.165) is 26.1 Å². The second kappa shape index (κ2) is 8.36. The average Bonchev–Trinajstić information content (AvgIpc) is 2.70. The summed E-state index contributed by atoms with van der Waals surface area (Å²) in [6, 6.07) is 21.4. The summed E-state index contributed by atoms with van der Waals surface area (Å²) in [4.78, 5) is 14.9. The highest BCUT2D eigenvalue weighted by Crippen LogP contribution is 2.26. The van der Waals surface area contributed by atoms with Crippen molar-refractivity contribution < 1.29 is 4.79 Å². The molecule has 0 aromatic heterocycles. The highest BCUT2D eigenvalue weighted by molar-refractivity contribution is 6.36. The smallest absolute Gasteiger partial charge is 0.255 e. The molecule has 0 spiro atoms. The molecule has 3 aromatic rings. The van der Waals surface area contributed by atoms with Crippen molar-refractivity contribution in [2.24, 2.45) is 0 Å². The summed E-state index contributed by atoms with van der Waals surface area (Å²) in [6.07, 6.45) is 1.08. The van der Waals surface area contributed by atoms with E-state index < -0.39 is 0 Å². The van der Waals surface area contributed by atoms with Crippen molar-refractivity contribution >= 4 is 34.8 Å². The van der Waals surface area contributed by atoms with Gasteiger partial charge in [0.2, 0.25) is 0 Å². The second-order valence-electron chi connectivity index (χ2n) is 7.00. The molecule has 1 heterocycles. The molecule has 0 atom stereocenters. The van der Waals surface area contributed by atoms with Crippen molar-refractivity contribution in [1.29, 1.82) is 0 Å². The van der Waals surface area contributed by atoms with Crippen LogP contribution in [0.25, 0.3) is 0 Å². The maximum atomic E-state index is 12.5. The molecular weight excluding hydrogens is 391 g/mol. The normalized spacial score (nSPS) is 13.8. The number of nitrogens with zero attached hydrogens (tertiary/aromatic N) is 1. The number of hydrogen-bond acceptors (Lipinski definition) is 2. The quantitative estimate of drug-likeness (QED) is 0.588. The van der Waals surface area contributed by atoms with Gasteiger partial charge in [0.05, 0.1) is 10.7 Å². The first-order valence-electron chi connectivity index (χ1n) is 9.23. The molecule has 1 aliphatic heterocycles. The van der Waals surface area contributed by atoms with E-state index in [1.807, 2.05) is 24.3 Å². The van der Waals surface area contributed by atoms with E-state index in [1.165, 1.54) is 16.7 Å². The Morgan fingerprint density at radius 1 is 0.964 bits per heavy atom. The monoisotopic (exact) mass is 410 g/mol. The number of carbonyl (C=O) groups excluding carboxylic acids is 1. The van der Waals surface area contributed by atoms with Gasteiger partial charge in [-0.25, -0.2) is 0 Å². The first kappa shape index (κ1) is 19.0. The van der Waals surface area contributed by atoms with Gasteiger partial charge in [0, 0.05) is 30.2 Å².